The number of benzene rings is 9. The van der Waals surface area contributed by atoms with Gasteiger partial charge < -0.3 is 14.7 Å². The number of nitrogens with zero attached hydrogens (tertiary/aromatic N) is 3. The van der Waals surface area contributed by atoms with E-state index in [1.165, 1.54) is 147 Å². The second-order valence-corrected chi connectivity index (χ2v) is 35.5. The van der Waals surface area contributed by atoms with Crippen LogP contribution in [0.4, 0.5) is 45.5 Å². The second kappa shape index (κ2) is 21.2. The molecule has 0 radical (unpaired) electrons. The molecule has 1 fully saturated rings. The quantitative estimate of drug-likeness (QED) is 0.154. The van der Waals surface area contributed by atoms with Gasteiger partial charge in [0.05, 0.1) is 16.9 Å². The largest absolute Gasteiger partial charge is 0.334 e. The highest BCUT2D eigenvalue weighted by molar-refractivity contribution is 7.00. The molecule has 3 nitrogen and oxygen atoms in total. The van der Waals surface area contributed by atoms with Crippen molar-refractivity contribution in [3.05, 3.63) is 232 Å². The van der Waals surface area contributed by atoms with Crippen LogP contribution in [0.3, 0.4) is 0 Å². The fraction of sp³-hybridized carbons (Fsp3) is 0.393. The Morgan fingerprint density at radius 1 is 0.333 bits per heavy atom. The van der Waals surface area contributed by atoms with Gasteiger partial charge in [-0.05, 0) is 209 Å². The van der Waals surface area contributed by atoms with E-state index in [-0.39, 0.29) is 55.6 Å². The van der Waals surface area contributed by atoms with Crippen LogP contribution < -0.4 is 31.1 Å². The van der Waals surface area contributed by atoms with Crippen LogP contribution in [0.5, 0.6) is 0 Å². The van der Waals surface area contributed by atoms with Crippen LogP contribution in [-0.2, 0) is 43.3 Å². The first-order chi connectivity index (χ1) is 43.6. The number of hydrogen-bond acceptors (Lipinski definition) is 3. The van der Waals surface area contributed by atoms with Crippen LogP contribution in [0.1, 0.15) is 227 Å². The molecule has 4 heteroatoms. The molecule has 2 atom stereocenters. The van der Waals surface area contributed by atoms with Crippen molar-refractivity contribution >= 4 is 68.6 Å². The predicted molar refractivity (Wildman–Crippen MR) is 403 cm³/mol. The van der Waals surface area contributed by atoms with Gasteiger partial charge in [-0.25, -0.2) is 0 Å². The van der Waals surface area contributed by atoms with Crippen LogP contribution in [0, 0.1) is 0 Å². The van der Waals surface area contributed by atoms with Crippen molar-refractivity contribution in [2.75, 3.05) is 14.7 Å². The lowest BCUT2D eigenvalue weighted by Crippen LogP contribution is -2.62. The molecule has 0 amide bonds. The zero-order chi connectivity index (χ0) is 66.1. The van der Waals surface area contributed by atoms with Gasteiger partial charge in [-0.2, -0.15) is 0 Å². The molecular weight excluding hydrogens is 1120 g/mol. The average Bonchev–Trinajstić information content (AvgIpc) is 1.66. The molecule has 9 aromatic rings. The normalized spacial score (nSPS) is 19.7. The highest BCUT2D eigenvalue weighted by Gasteiger charge is 2.62. The summed E-state index contributed by atoms with van der Waals surface area (Å²) in [5.41, 5.74) is 30.8. The van der Waals surface area contributed by atoms with E-state index in [2.05, 4.69) is 335 Å². The van der Waals surface area contributed by atoms with E-state index in [1.807, 2.05) is 0 Å². The Hall–Kier alpha value is -7.56. The van der Waals surface area contributed by atoms with E-state index in [0.717, 1.165) is 25.7 Å². The maximum absolute atomic E-state index is 2.86. The van der Waals surface area contributed by atoms with E-state index in [1.54, 1.807) is 0 Å². The summed E-state index contributed by atoms with van der Waals surface area (Å²) < 4.78 is 0. The van der Waals surface area contributed by atoms with E-state index >= 15 is 0 Å². The maximum Gasteiger partial charge on any atom is 0.252 e. The van der Waals surface area contributed by atoms with E-state index < -0.39 is 0 Å². The molecule has 0 saturated heterocycles. The van der Waals surface area contributed by atoms with Crippen LogP contribution >= 0.6 is 0 Å². The summed E-state index contributed by atoms with van der Waals surface area (Å²) in [6.45, 7) is 48.2. The molecule has 3 aliphatic heterocycles. The van der Waals surface area contributed by atoms with Crippen molar-refractivity contribution in [2.45, 2.75) is 226 Å². The summed E-state index contributed by atoms with van der Waals surface area (Å²) in [6, 6.07) is 73.4. The van der Waals surface area contributed by atoms with Crippen molar-refractivity contribution in [1.29, 1.82) is 0 Å². The minimum absolute atomic E-state index is 0.0226. The zero-order valence-corrected chi connectivity index (χ0v) is 60.0. The second-order valence-electron chi connectivity index (χ2n) is 35.5. The number of anilines is 8. The lowest BCUT2D eigenvalue weighted by Gasteiger charge is -2.52. The Morgan fingerprint density at radius 3 is 1.27 bits per heavy atom. The molecule has 0 aromatic heterocycles. The first kappa shape index (κ1) is 62.9. The summed E-state index contributed by atoms with van der Waals surface area (Å²) in [5, 5.41) is 0. The highest BCUT2D eigenvalue weighted by atomic mass is 15.3. The number of rotatable bonds is 6. The topological polar surface area (TPSA) is 9.72 Å². The SMILES string of the molecule is CC(C)(C)c1ccc(C23CCCCC2(C)N(c2ccc4c(c2)N(c2ccc(C(C)(C)C)cc2-c2ccccc2)c2cc(C(C)(C)C)cc5c2B4c2cc4c(cc2N5c2ccc(C(C)(C)C)cc2-c2ccccc2)C(C)(C)CCC4(C)C)c2ccc(C(C)(C)C)cc23)cc1. The van der Waals surface area contributed by atoms with Crippen molar-refractivity contribution in [1.82, 2.24) is 0 Å². The molecule has 3 heterocycles. The molecular formula is C89H102BN3. The standard InChI is InChI=1S/C89H102BN3/c1-81(2,3)59-33-35-60(36-34-59)89-46-28-27-45-88(89,20)93(75-44-39-63(51-70(75)89)84(10,11)12)65-40-41-71-76(54-65)91(73-42-37-61(82(4,5)6)49-66(73)57-29-23-21-24-30-57)78-52-64(85(13,14)15)53-79-80(78)90(71)72-55-68-69(87(18,19)48-47-86(68,16)17)56-77(72)92(79)74-43-38-62(83(7,8)9)50-67(74)58-31-25-22-26-32-58/h21-26,29-44,49-56H,27-28,45-48H2,1-20H3. The molecule has 2 unspecified atom stereocenters. The first-order valence-corrected chi connectivity index (χ1v) is 35.2. The van der Waals surface area contributed by atoms with Gasteiger partial charge >= 0.3 is 0 Å². The lowest BCUT2D eigenvalue weighted by molar-refractivity contribution is 0.215. The van der Waals surface area contributed by atoms with Crippen molar-refractivity contribution in [2.24, 2.45) is 0 Å². The fourth-order valence-electron chi connectivity index (χ4n) is 17.4. The smallest absolute Gasteiger partial charge is 0.252 e. The van der Waals surface area contributed by atoms with Crippen molar-refractivity contribution in [3.8, 4) is 22.3 Å². The molecule has 93 heavy (non-hydrogen) atoms. The Morgan fingerprint density at radius 2 is 0.774 bits per heavy atom. The minimum atomic E-state index is -0.288. The van der Waals surface area contributed by atoms with Crippen molar-refractivity contribution < 1.29 is 0 Å². The lowest BCUT2D eigenvalue weighted by atomic mass is 9.33. The molecule has 0 spiro atoms. The van der Waals surface area contributed by atoms with Gasteiger partial charge in [-0.3, -0.25) is 0 Å². The molecule has 5 aliphatic rings. The summed E-state index contributed by atoms with van der Waals surface area (Å²) in [4.78, 5) is 8.37. The predicted octanol–water partition coefficient (Wildman–Crippen LogP) is 22.7. The van der Waals surface area contributed by atoms with Gasteiger partial charge in [-0.15, -0.1) is 0 Å². The molecule has 0 N–H and O–H groups in total. The van der Waals surface area contributed by atoms with E-state index in [4.69, 9.17) is 0 Å². The summed E-state index contributed by atoms with van der Waals surface area (Å²) in [7, 11) is 0. The van der Waals surface area contributed by atoms with Gasteiger partial charge in [0.2, 0.25) is 0 Å². The third-order valence-corrected chi connectivity index (χ3v) is 23.2. The Kier molecular flexibility index (Phi) is 14.3. The fourth-order valence-corrected chi connectivity index (χ4v) is 17.4. The minimum Gasteiger partial charge on any atom is -0.334 e. The Balaban J connectivity index is 1.12. The van der Waals surface area contributed by atoms with E-state index in [0.29, 0.717) is 0 Å². The molecule has 14 rings (SSSR count). The number of hydrogen-bond donors (Lipinski definition) is 0. The van der Waals surface area contributed by atoms with Gasteiger partial charge in [-0.1, -0.05) is 266 Å². The average molecular weight is 1220 g/mol. The Bertz CT molecular complexity index is 4430. The van der Waals surface area contributed by atoms with Gasteiger partial charge in [0, 0.05) is 50.7 Å². The third-order valence-electron chi connectivity index (χ3n) is 23.2. The van der Waals surface area contributed by atoms with Crippen LogP contribution in [0.25, 0.3) is 22.3 Å². The number of fused-ring (bicyclic) bond motifs is 8. The summed E-state index contributed by atoms with van der Waals surface area (Å²) in [6.07, 6.45) is 6.81. The molecule has 9 aromatic carbocycles. The first-order valence-electron chi connectivity index (χ1n) is 35.2. The van der Waals surface area contributed by atoms with Gasteiger partial charge in [0.15, 0.2) is 0 Å². The Labute approximate surface area is 560 Å². The van der Waals surface area contributed by atoms with Crippen LogP contribution in [0.15, 0.2) is 182 Å². The van der Waals surface area contributed by atoms with Crippen LogP contribution in [0.2, 0.25) is 0 Å². The molecule has 2 aliphatic carbocycles. The highest BCUT2D eigenvalue weighted by Crippen LogP contribution is 2.65. The summed E-state index contributed by atoms with van der Waals surface area (Å²) >= 11 is 0. The monoisotopic (exact) mass is 1220 g/mol. The van der Waals surface area contributed by atoms with Crippen molar-refractivity contribution in [3.63, 3.8) is 0 Å². The van der Waals surface area contributed by atoms with Gasteiger partial charge in [0.1, 0.15) is 0 Å². The van der Waals surface area contributed by atoms with Crippen LogP contribution in [-0.4, -0.2) is 12.3 Å². The molecule has 0 bridgehead atoms. The maximum atomic E-state index is 2.86. The van der Waals surface area contributed by atoms with Gasteiger partial charge in [0.25, 0.3) is 6.71 Å². The molecule has 476 valence electrons. The third kappa shape index (κ3) is 10.0. The summed E-state index contributed by atoms with van der Waals surface area (Å²) in [5.74, 6) is 0. The molecule has 1 saturated carbocycles. The zero-order valence-electron chi connectivity index (χ0n) is 60.0. The van der Waals surface area contributed by atoms with E-state index in [9.17, 15) is 0 Å².